The quantitative estimate of drug-likeness (QED) is 0.571. The van der Waals surface area contributed by atoms with Gasteiger partial charge >= 0.3 is 0 Å². The van der Waals surface area contributed by atoms with Crippen LogP contribution in [0.2, 0.25) is 0 Å². The van der Waals surface area contributed by atoms with Gasteiger partial charge in [-0.05, 0) is 29.9 Å². The van der Waals surface area contributed by atoms with Gasteiger partial charge < -0.3 is 4.74 Å². The maximum absolute atomic E-state index is 10.9. The number of nitro groups is 1. The summed E-state index contributed by atoms with van der Waals surface area (Å²) in [6, 6.07) is 11.1. The topological polar surface area (TPSA) is 55.6 Å². The SMILES string of the molecule is O=[N+]([O-])c1cccc(CN(Cc2cccs2)CC2CCCO2)c1. The van der Waals surface area contributed by atoms with Gasteiger partial charge in [-0.25, -0.2) is 0 Å². The van der Waals surface area contributed by atoms with Crippen LogP contribution < -0.4 is 0 Å². The number of rotatable bonds is 7. The Labute approximate surface area is 139 Å². The van der Waals surface area contributed by atoms with Gasteiger partial charge in [0.2, 0.25) is 0 Å². The van der Waals surface area contributed by atoms with E-state index in [1.807, 2.05) is 6.07 Å². The average molecular weight is 332 g/mol. The van der Waals surface area contributed by atoms with Crippen LogP contribution in [-0.2, 0) is 17.8 Å². The Morgan fingerprint density at radius 2 is 2.22 bits per heavy atom. The normalized spacial score (nSPS) is 17.7. The highest BCUT2D eigenvalue weighted by molar-refractivity contribution is 7.09. The largest absolute Gasteiger partial charge is 0.377 e. The molecule has 0 radical (unpaired) electrons. The van der Waals surface area contributed by atoms with Crippen molar-refractivity contribution in [2.75, 3.05) is 13.2 Å². The molecule has 1 aromatic heterocycles. The molecule has 6 heteroatoms. The molecule has 0 amide bonds. The first-order valence-corrected chi connectivity index (χ1v) is 8.68. The van der Waals surface area contributed by atoms with Crippen molar-refractivity contribution >= 4 is 17.0 Å². The molecule has 0 N–H and O–H groups in total. The summed E-state index contributed by atoms with van der Waals surface area (Å²) in [4.78, 5) is 14.2. The molecule has 5 nitrogen and oxygen atoms in total. The van der Waals surface area contributed by atoms with Crippen LogP contribution >= 0.6 is 11.3 Å². The fourth-order valence-corrected chi connectivity index (χ4v) is 3.66. The lowest BCUT2D eigenvalue weighted by molar-refractivity contribution is -0.384. The number of thiophene rings is 1. The lowest BCUT2D eigenvalue weighted by Crippen LogP contribution is -2.31. The maximum atomic E-state index is 10.9. The molecular formula is C17H20N2O3S. The minimum atomic E-state index is -0.340. The highest BCUT2D eigenvalue weighted by Gasteiger charge is 2.20. The predicted molar refractivity (Wildman–Crippen MR) is 90.5 cm³/mol. The number of hydrogen-bond donors (Lipinski definition) is 0. The van der Waals surface area contributed by atoms with E-state index in [4.69, 9.17) is 4.74 Å². The van der Waals surface area contributed by atoms with Gasteiger partial charge in [-0.15, -0.1) is 11.3 Å². The molecule has 1 fully saturated rings. The second kappa shape index (κ2) is 7.68. The third kappa shape index (κ3) is 4.60. The molecular weight excluding hydrogens is 312 g/mol. The second-order valence-corrected chi connectivity index (χ2v) is 6.84. The number of nitro benzene ring substituents is 1. The standard InChI is InChI=1S/C17H20N2O3S/c20-19(21)15-5-1-4-14(10-15)11-18(12-16-6-2-8-22-16)13-17-7-3-9-23-17/h1,3-5,7,9-10,16H,2,6,8,11-13H2. The fourth-order valence-electron chi connectivity index (χ4n) is 2.91. The van der Waals surface area contributed by atoms with Crippen LogP contribution in [0, 0.1) is 10.1 Å². The van der Waals surface area contributed by atoms with Crippen molar-refractivity contribution in [1.82, 2.24) is 4.90 Å². The van der Waals surface area contributed by atoms with Gasteiger partial charge in [-0.3, -0.25) is 15.0 Å². The van der Waals surface area contributed by atoms with Gasteiger partial charge in [0.15, 0.2) is 0 Å². The Kier molecular flexibility index (Phi) is 5.38. The van der Waals surface area contributed by atoms with Crippen LogP contribution in [-0.4, -0.2) is 29.1 Å². The smallest absolute Gasteiger partial charge is 0.269 e. The Morgan fingerprint density at radius 3 is 2.91 bits per heavy atom. The summed E-state index contributed by atoms with van der Waals surface area (Å²) in [7, 11) is 0. The average Bonchev–Trinajstić information content (AvgIpc) is 3.21. The third-order valence-corrected chi connectivity index (χ3v) is 4.83. The summed E-state index contributed by atoms with van der Waals surface area (Å²) >= 11 is 1.74. The second-order valence-electron chi connectivity index (χ2n) is 5.81. The molecule has 1 aliphatic rings. The van der Waals surface area contributed by atoms with Crippen LogP contribution in [0.1, 0.15) is 23.3 Å². The lowest BCUT2D eigenvalue weighted by atomic mass is 10.1. The van der Waals surface area contributed by atoms with Crippen molar-refractivity contribution < 1.29 is 9.66 Å². The molecule has 2 heterocycles. The number of hydrogen-bond acceptors (Lipinski definition) is 5. The van der Waals surface area contributed by atoms with E-state index < -0.39 is 0 Å². The summed E-state index contributed by atoms with van der Waals surface area (Å²) in [5.74, 6) is 0. The number of nitrogens with zero attached hydrogens (tertiary/aromatic N) is 2. The summed E-state index contributed by atoms with van der Waals surface area (Å²) in [6.07, 6.45) is 2.48. The molecule has 1 aromatic carbocycles. The van der Waals surface area contributed by atoms with E-state index >= 15 is 0 Å². The van der Waals surface area contributed by atoms with E-state index in [1.54, 1.807) is 23.5 Å². The van der Waals surface area contributed by atoms with E-state index in [2.05, 4.69) is 22.4 Å². The van der Waals surface area contributed by atoms with Gasteiger partial charge in [0, 0.05) is 43.3 Å². The van der Waals surface area contributed by atoms with Gasteiger partial charge in [-0.2, -0.15) is 0 Å². The molecule has 1 aliphatic heterocycles. The van der Waals surface area contributed by atoms with Crippen molar-refractivity contribution in [1.29, 1.82) is 0 Å². The molecule has 0 saturated carbocycles. The van der Waals surface area contributed by atoms with Crippen LogP contribution in [0.15, 0.2) is 41.8 Å². The zero-order valence-electron chi connectivity index (χ0n) is 12.9. The van der Waals surface area contributed by atoms with Crippen LogP contribution in [0.4, 0.5) is 5.69 Å². The van der Waals surface area contributed by atoms with E-state index in [1.165, 1.54) is 10.9 Å². The van der Waals surface area contributed by atoms with Crippen molar-refractivity contribution in [2.45, 2.75) is 32.0 Å². The number of non-ortho nitro benzene ring substituents is 1. The first-order valence-electron chi connectivity index (χ1n) is 7.80. The van der Waals surface area contributed by atoms with Gasteiger partial charge in [0.05, 0.1) is 11.0 Å². The Morgan fingerprint density at radius 1 is 1.30 bits per heavy atom. The summed E-state index contributed by atoms with van der Waals surface area (Å²) < 4.78 is 5.76. The van der Waals surface area contributed by atoms with Crippen molar-refractivity contribution in [2.24, 2.45) is 0 Å². The molecule has 0 aliphatic carbocycles. The minimum Gasteiger partial charge on any atom is -0.377 e. The monoisotopic (exact) mass is 332 g/mol. The third-order valence-electron chi connectivity index (χ3n) is 3.97. The summed E-state index contributed by atoms with van der Waals surface area (Å²) in [6.45, 7) is 3.24. The fraction of sp³-hybridized carbons (Fsp3) is 0.412. The Balaban J connectivity index is 1.71. The lowest BCUT2D eigenvalue weighted by Gasteiger charge is -2.24. The highest BCUT2D eigenvalue weighted by atomic mass is 32.1. The predicted octanol–water partition coefficient (Wildman–Crippen LogP) is 3.84. The molecule has 23 heavy (non-hydrogen) atoms. The van der Waals surface area contributed by atoms with Gasteiger partial charge in [0.25, 0.3) is 5.69 Å². The Bertz CT molecular complexity index is 639. The first kappa shape index (κ1) is 16.1. The molecule has 1 atom stereocenters. The number of benzene rings is 1. The van der Waals surface area contributed by atoms with Crippen LogP contribution in [0.5, 0.6) is 0 Å². The summed E-state index contributed by atoms with van der Waals surface area (Å²) in [5.41, 5.74) is 1.12. The first-order chi connectivity index (χ1) is 11.2. The minimum absolute atomic E-state index is 0.149. The molecule has 0 bridgehead atoms. The summed E-state index contributed by atoms with van der Waals surface area (Å²) in [5, 5.41) is 13.0. The van der Waals surface area contributed by atoms with Crippen LogP contribution in [0.3, 0.4) is 0 Å². The van der Waals surface area contributed by atoms with Crippen molar-refractivity contribution in [3.05, 3.63) is 62.3 Å². The zero-order valence-corrected chi connectivity index (χ0v) is 13.7. The van der Waals surface area contributed by atoms with Crippen LogP contribution in [0.25, 0.3) is 0 Å². The number of ether oxygens (including phenoxy) is 1. The zero-order chi connectivity index (χ0) is 16.1. The molecule has 2 aromatic rings. The van der Waals surface area contributed by atoms with Crippen molar-refractivity contribution in [3.8, 4) is 0 Å². The molecule has 3 rings (SSSR count). The van der Waals surface area contributed by atoms with E-state index in [0.717, 1.165) is 38.1 Å². The van der Waals surface area contributed by atoms with E-state index in [-0.39, 0.29) is 16.7 Å². The molecule has 122 valence electrons. The van der Waals surface area contributed by atoms with Gasteiger partial charge in [0.1, 0.15) is 0 Å². The molecule has 1 unspecified atom stereocenters. The maximum Gasteiger partial charge on any atom is 0.269 e. The molecule has 1 saturated heterocycles. The van der Waals surface area contributed by atoms with E-state index in [9.17, 15) is 10.1 Å². The highest BCUT2D eigenvalue weighted by Crippen LogP contribution is 2.20. The van der Waals surface area contributed by atoms with E-state index in [0.29, 0.717) is 6.54 Å². The Hall–Kier alpha value is -1.76. The molecule has 0 spiro atoms. The van der Waals surface area contributed by atoms with Gasteiger partial charge in [-0.1, -0.05) is 18.2 Å². The van der Waals surface area contributed by atoms with Crippen molar-refractivity contribution in [3.63, 3.8) is 0 Å².